The highest BCUT2D eigenvalue weighted by Gasteiger charge is 2.19. The third-order valence-corrected chi connectivity index (χ3v) is 5.82. The van der Waals surface area contributed by atoms with Gasteiger partial charge in [-0.15, -0.1) is 10.2 Å². The highest BCUT2D eigenvalue weighted by Crippen LogP contribution is 2.21. The van der Waals surface area contributed by atoms with Crippen molar-refractivity contribution in [1.29, 1.82) is 0 Å². The molecule has 1 amide bonds. The van der Waals surface area contributed by atoms with Crippen molar-refractivity contribution < 1.29 is 4.79 Å². The van der Waals surface area contributed by atoms with Crippen LogP contribution in [0.2, 0.25) is 0 Å². The summed E-state index contributed by atoms with van der Waals surface area (Å²) in [7, 11) is 6.02. The van der Waals surface area contributed by atoms with Gasteiger partial charge in [-0.25, -0.2) is 0 Å². The number of benzene rings is 1. The van der Waals surface area contributed by atoms with E-state index in [1.54, 1.807) is 0 Å². The molecule has 1 aliphatic rings. The number of aromatic nitrogens is 3. The van der Waals surface area contributed by atoms with E-state index >= 15 is 0 Å². The standard InChI is InChI=1S/C21H31N5O/c1-16-22-23-20(26(16)4)17-10-12-18(13-11-17)21(27)25(3)15-14-24(2)19-8-6-5-7-9-19/h10-13,19H,5-9,14-15H2,1-4H3. The van der Waals surface area contributed by atoms with Gasteiger partial charge < -0.3 is 14.4 Å². The Morgan fingerprint density at radius 2 is 1.74 bits per heavy atom. The van der Waals surface area contributed by atoms with Gasteiger partial charge in [0.25, 0.3) is 5.91 Å². The zero-order valence-corrected chi connectivity index (χ0v) is 17.0. The van der Waals surface area contributed by atoms with Crippen molar-refractivity contribution in [3.05, 3.63) is 35.7 Å². The molecule has 1 aliphatic carbocycles. The first-order valence-electron chi connectivity index (χ1n) is 9.89. The van der Waals surface area contributed by atoms with Crippen LogP contribution in [-0.4, -0.2) is 63.7 Å². The van der Waals surface area contributed by atoms with E-state index in [2.05, 4.69) is 22.1 Å². The van der Waals surface area contributed by atoms with E-state index in [4.69, 9.17) is 0 Å². The molecule has 1 saturated carbocycles. The van der Waals surface area contributed by atoms with Gasteiger partial charge in [0.05, 0.1) is 0 Å². The molecule has 1 aromatic heterocycles. The molecular formula is C21H31N5O. The maximum Gasteiger partial charge on any atom is 0.253 e. The molecule has 0 unspecified atom stereocenters. The van der Waals surface area contributed by atoms with Gasteiger partial charge in [-0.1, -0.05) is 31.4 Å². The lowest BCUT2D eigenvalue weighted by molar-refractivity contribution is 0.0767. The lowest BCUT2D eigenvalue weighted by Gasteiger charge is -2.32. The Morgan fingerprint density at radius 3 is 2.33 bits per heavy atom. The lowest BCUT2D eigenvalue weighted by atomic mass is 9.94. The zero-order valence-electron chi connectivity index (χ0n) is 17.0. The molecule has 146 valence electrons. The molecular weight excluding hydrogens is 338 g/mol. The van der Waals surface area contributed by atoms with Gasteiger partial charge in [-0.05, 0) is 38.9 Å². The number of hydrogen-bond acceptors (Lipinski definition) is 4. The molecule has 2 aromatic rings. The molecule has 1 fully saturated rings. The van der Waals surface area contributed by atoms with Crippen LogP contribution in [0.4, 0.5) is 0 Å². The number of aryl methyl sites for hydroxylation is 1. The number of hydrogen-bond donors (Lipinski definition) is 0. The number of carbonyl (C=O) groups is 1. The highest BCUT2D eigenvalue weighted by molar-refractivity contribution is 5.94. The fourth-order valence-corrected chi connectivity index (χ4v) is 3.75. The Labute approximate surface area is 162 Å². The summed E-state index contributed by atoms with van der Waals surface area (Å²) in [6.07, 6.45) is 6.61. The van der Waals surface area contributed by atoms with Gasteiger partial charge >= 0.3 is 0 Å². The Balaban J connectivity index is 1.57. The minimum atomic E-state index is 0.0627. The van der Waals surface area contributed by atoms with Crippen molar-refractivity contribution in [2.24, 2.45) is 7.05 Å². The van der Waals surface area contributed by atoms with E-state index in [9.17, 15) is 4.79 Å². The summed E-state index contributed by atoms with van der Waals surface area (Å²) in [6.45, 7) is 3.59. The SMILES string of the molecule is Cc1nnc(-c2ccc(C(=O)N(C)CCN(C)C3CCCCC3)cc2)n1C. The second kappa shape index (κ2) is 8.65. The fourth-order valence-electron chi connectivity index (χ4n) is 3.75. The van der Waals surface area contributed by atoms with Crippen LogP contribution >= 0.6 is 0 Å². The van der Waals surface area contributed by atoms with Crippen LogP contribution < -0.4 is 0 Å². The largest absolute Gasteiger partial charge is 0.340 e. The van der Waals surface area contributed by atoms with Crippen LogP contribution in [0.25, 0.3) is 11.4 Å². The molecule has 1 heterocycles. The second-order valence-corrected chi connectivity index (χ2v) is 7.71. The van der Waals surface area contributed by atoms with E-state index in [-0.39, 0.29) is 5.91 Å². The Hall–Kier alpha value is -2.21. The Morgan fingerprint density at radius 1 is 1.07 bits per heavy atom. The average Bonchev–Trinajstić information content (AvgIpc) is 3.04. The van der Waals surface area contributed by atoms with Crippen LogP contribution in [0.5, 0.6) is 0 Å². The van der Waals surface area contributed by atoms with Crippen molar-refractivity contribution in [2.75, 3.05) is 27.2 Å². The molecule has 0 radical (unpaired) electrons. The Kier molecular flexibility index (Phi) is 6.26. The maximum atomic E-state index is 12.7. The van der Waals surface area contributed by atoms with E-state index in [1.807, 2.05) is 54.8 Å². The molecule has 0 spiro atoms. The van der Waals surface area contributed by atoms with Crippen molar-refractivity contribution in [3.8, 4) is 11.4 Å². The van der Waals surface area contributed by atoms with E-state index in [0.29, 0.717) is 11.6 Å². The normalized spacial score (nSPS) is 15.3. The monoisotopic (exact) mass is 369 g/mol. The van der Waals surface area contributed by atoms with E-state index in [0.717, 1.165) is 30.3 Å². The van der Waals surface area contributed by atoms with Gasteiger partial charge in [0.15, 0.2) is 5.82 Å². The van der Waals surface area contributed by atoms with E-state index in [1.165, 1.54) is 32.1 Å². The van der Waals surface area contributed by atoms with Crippen LogP contribution in [0.15, 0.2) is 24.3 Å². The minimum Gasteiger partial charge on any atom is -0.340 e. The summed E-state index contributed by atoms with van der Waals surface area (Å²) in [4.78, 5) is 17.0. The molecule has 0 atom stereocenters. The second-order valence-electron chi connectivity index (χ2n) is 7.71. The first-order chi connectivity index (χ1) is 13.0. The highest BCUT2D eigenvalue weighted by atomic mass is 16.2. The molecule has 6 nitrogen and oxygen atoms in total. The van der Waals surface area contributed by atoms with E-state index < -0.39 is 0 Å². The van der Waals surface area contributed by atoms with Crippen LogP contribution in [0.3, 0.4) is 0 Å². The molecule has 3 rings (SSSR count). The quantitative estimate of drug-likeness (QED) is 0.785. The molecule has 0 N–H and O–H groups in total. The molecule has 0 bridgehead atoms. The minimum absolute atomic E-state index is 0.0627. The van der Waals surface area contributed by atoms with Crippen LogP contribution in [0, 0.1) is 6.92 Å². The number of rotatable bonds is 6. The summed E-state index contributed by atoms with van der Waals surface area (Å²) in [6, 6.07) is 8.32. The summed E-state index contributed by atoms with van der Waals surface area (Å²) in [5, 5.41) is 8.29. The van der Waals surface area contributed by atoms with Crippen molar-refractivity contribution in [3.63, 3.8) is 0 Å². The van der Waals surface area contributed by atoms with Gasteiger partial charge in [-0.2, -0.15) is 0 Å². The third kappa shape index (κ3) is 4.56. The fraction of sp³-hybridized carbons (Fsp3) is 0.571. The number of likely N-dealkylation sites (N-methyl/N-ethyl adjacent to an activating group) is 2. The van der Waals surface area contributed by atoms with Crippen LogP contribution in [-0.2, 0) is 7.05 Å². The molecule has 1 aromatic carbocycles. The van der Waals surface area contributed by atoms with Crippen molar-refractivity contribution >= 4 is 5.91 Å². The average molecular weight is 370 g/mol. The predicted molar refractivity (Wildman–Crippen MR) is 108 cm³/mol. The third-order valence-electron chi connectivity index (χ3n) is 5.82. The van der Waals surface area contributed by atoms with Gasteiger partial charge in [0.2, 0.25) is 0 Å². The maximum absolute atomic E-state index is 12.7. The predicted octanol–water partition coefficient (Wildman–Crippen LogP) is 3.13. The Bertz CT molecular complexity index is 761. The molecule has 27 heavy (non-hydrogen) atoms. The van der Waals surface area contributed by atoms with Crippen LogP contribution in [0.1, 0.15) is 48.3 Å². The van der Waals surface area contributed by atoms with Gasteiger partial charge in [0.1, 0.15) is 5.82 Å². The summed E-state index contributed by atoms with van der Waals surface area (Å²) in [5.41, 5.74) is 1.68. The van der Waals surface area contributed by atoms with Crippen molar-refractivity contribution in [1.82, 2.24) is 24.6 Å². The molecule has 6 heteroatoms. The zero-order chi connectivity index (χ0) is 19.4. The number of amides is 1. The topological polar surface area (TPSA) is 54.3 Å². The number of carbonyl (C=O) groups excluding carboxylic acids is 1. The smallest absolute Gasteiger partial charge is 0.253 e. The van der Waals surface area contributed by atoms with Gasteiger partial charge in [-0.3, -0.25) is 4.79 Å². The summed E-state index contributed by atoms with van der Waals surface area (Å²) >= 11 is 0. The first-order valence-corrected chi connectivity index (χ1v) is 9.89. The summed E-state index contributed by atoms with van der Waals surface area (Å²) < 4.78 is 1.95. The van der Waals surface area contributed by atoms with Crippen molar-refractivity contribution in [2.45, 2.75) is 45.1 Å². The molecule has 0 aliphatic heterocycles. The first kappa shape index (κ1) is 19.5. The number of nitrogens with zero attached hydrogens (tertiary/aromatic N) is 5. The summed E-state index contributed by atoms with van der Waals surface area (Å²) in [5.74, 6) is 1.74. The lowest BCUT2D eigenvalue weighted by Crippen LogP contribution is -2.40. The molecule has 0 saturated heterocycles. The van der Waals surface area contributed by atoms with Gasteiger partial charge in [0, 0.05) is 44.4 Å².